The lowest BCUT2D eigenvalue weighted by atomic mass is 10.2. The Balaban J connectivity index is 2.46. The van der Waals surface area contributed by atoms with E-state index in [0.717, 1.165) is 20.1 Å². The molecule has 0 aliphatic rings. The molecule has 1 aromatic carbocycles. The predicted molar refractivity (Wildman–Crippen MR) is 60.3 cm³/mol. The minimum atomic E-state index is 0.752. The quantitative estimate of drug-likeness (QED) is 0.758. The lowest BCUT2D eigenvalue weighted by Gasteiger charge is -1.95. The molecule has 0 spiro atoms. The summed E-state index contributed by atoms with van der Waals surface area (Å²) in [5, 5.41) is 0.752. The fourth-order valence-electron chi connectivity index (χ4n) is 1.03. The van der Waals surface area contributed by atoms with Crippen LogP contribution in [0.3, 0.4) is 0 Å². The van der Waals surface area contributed by atoms with Gasteiger partial charge in [0.25, 0.3) is 0 Å². The largest absolute Gasteiger partial charge is 0.185 e. The van der Waals surface area contributed by atoms with Crippen molar-refractivity contribution in [3.8, 4) is 10.4 Å². The molecule has 1 aromatic heterocycles. The van der Waals surface area contributed by atoms with Gasteiger partial charge in [0.15, 0.2) is 0 Å². The first kappa shape index (κ1) is 9.19. The molecule has 0 atom stereocenters. The Labute approximate surface area is 93.7 Å². The van der Waals surface area contributed by atoms with Crippen LogP contribution in [-0.4, -0.2) is 4.37 Å². The zero-order valence-electron chi connectivity index (χ0n) is 6.50. The highest BCUT2D eigenvalue weighted by molar-refractivity contribution is 9.10. The molecular weight excluding hydrogens is 270 g/mol. The molecule has 0 saturated heterocycles. The van der Waals surface area contributed by atoms with E-state index in [4.69, 9.17) is 11.6 Å². The zero-order valence-corrected chi connectivity index (χ0v) is 9.66. The molecule has 1 nitrogen and oxygen atoms in total. The second-order valence-electron chi connectivity index (χ2n) is 2.52. The van der Waals surface area contributed by atoms with Gasteiger partial charge in [0, 0.05) is 5.02 Å². The minimum Gasteiger partial charge on any atom is -0.185 e. The van der Waals surface area contributed by atoms with Crippen LogP contribution in [0.5, 0.6) is 0 Å². The normalized spacial score (nSPS) is 10.3. The van der Waals surface area contributed by atoms with Crippen LogP contribution < -0.4 is 0 Å². The van der Waals surface area contributed by atoms with E-state index in [-0.39, 0.29) is 0 Å². The SMILES string of the molecule is Clc1cccc(-c2cc(Br)ns2)c1. The Bertz CT molecular complexity index is 427. The van der Waals surface area contributed by atoms with Crippen molar-refractivity contribution in [3.05, 3.63) is 40.0 Å². The van der Waals surface area contributed by atoms with Gasteiger partial charge in [-0.05, 0) is 51.2 Å². The fourth-order valence-corrected chi connectivity index (χ4v) is 2.45. The Kier molecular flexibility index (Phi) is 2.67. The molecule has 13 heavy (non-hydrogen) atoms. The number of nitrogens with zero attached hydrogens (tertiary/aromatic N) is 1. The summed E-state index contributed by atoms with van der Waals surface area (Å²) < 4.78 is 5.01. The smallest absolute Gasteiger partial charge is 0.120 e. The van der Waals surface area contributed by atoms with E-state index in [0.29, 0.717) is 0 Å². The summed E-state index contributed by atoms with van der Waals surface area (Å²) in [5.74, 6) is 0. The number of hydrogen-bond donors (Lipinski definition) is 0. The number of rotatable bonds is 1. The highest BCUT2D eigenvalue weighted by Gasteiger charge is 2.02. The van der Waals surface area contributed by atoms with Gasteiger partial charge in [-0.25, -0.2) is 0 Å². The zero-order chi connectivity index (χ0) is 9.26. The average molecular weight is 275 g/mol. The molecule has 4 heteroatoms. The molecule has 2 rings (SSSR count). The van der Waals surface area contributed by atoms with Crippen molar-refractivity contribution >= 4 is 39.1 Å². The van der Waals surface area contributed by atoms with Crippen molar-refractivity contribution in [2.24, 2.45) is 0 Å². The summed E-state index contributed by atoms with van der Waals surface area (Å²) in [4.78, 5) is 1.12. The second kappa shape index (κ2) is 3.78. The topological polar surface area (TPSA) is 12.9 Å². The minimum absolute atomic E-state index is 0.752. The Morgan fingerprint density at radius 1 is 1.31 bits per heavy atom. The van der Waals surface area contributed by atoms with Crippen molar-refractivity contribution in [1.29, 1.82) is 0 Å². The Hall–Kier alpha value is -0.380. The van der Waals surface area contributed by atoms with E-state index in [1.54, 1.807) is 0 Å². The van der Waals surface area contributed by atoms with E-state index in [1.807, 2.05) is 30.3 Å². The summed E-state index contributed by atoms with van der Waals surface area (Å²) in [5.41, 5.74) is 1.11. The van der Waals surface area contributed by atoms with Crippen LogP contribution in [0.4, 0.5) is 0 Å². The van der Waals surface area contributed by atoms with Crippen LogP contribution in [-0.2, 0) is 0 Å². The van der Waals surface area contributed by atoms with Gasteiger partial charge in [-0.1, -0.05) is 23.7 Å². The molecule has 1 heterocycles. The molecule has 0 aliphatic carbocycles. The van der Waals surface area contributed by atoms with E-state index in [1.165, 1.54) is 11.5 Å². The van der Waals surface area contributed by atoms with E-state index >= 15 is 0 Å². The highest BCUT2D eigenvalue weighted by Crippen LogP contribution is 2.28. The van der Waals surface area contributed by atoms with Gasteiger partial charge in [0.05, 0.1) is 4.88 Å². The van der Waals surface area contributed by atoms with Gasteiger partial charge in [0.2, 0.25) is 0 Å². The average Bonchev–Trinajstić information content (AvgIpc) is 2.52. The maximum absolute atomic E-state index is 5.87. The molecular formula is C9H5BrClNS. The summed E-state index contributed by atoms with van der Waals surface area (Å²) in [7, 11) is 0. The van der Waals surface area contributed by atoms with E-state index in [9.17, 15) is 0 Å². The molecule has 0 radical (unpaired) electrons. The molecule has 0 saturated carbocycles. The number of benzene rings is 1. The molecule has 0 N–H and O–H groups in total. The first-order valence-corrected chi connectivity index (χ1v) is 5.58. The molecule has 66 valence electrons. The monoisotopic (exact) mass is 273 g/mol. The number of aromatic nitrogens is 1. The number of hydrogen-bond acceptors (Lipinski definition) is 2. The van der Waals surface area contributed by atoms with Gasteiger partial charge < -0.3 is 0 Å². The Morgan fingerprint density at radius 2 is 2.15 bits per heavy atom. The van der Waals surface area contributed by atoms with Gasteiger partial charge in [-0.2, -0.15) is 4.37 Å². The van der Waals surface area contributed by atoms with Crippen LogP contribution in [0.25, 0.3) is 10.4 Å². The van der Waals surface area contributed by atoms with Crippen molar-refractivity contribution in [2.75, 3.05) is 0 Å². The van der Waals surface area contributed by atoms with Crippen molar-refractivity contribution in [3.63, 3.8) is 0 Å². The van der Waals surface area contributed by atoms with E-state index < -0.39 is 0 Å². The summed E-state index contributed by atoms with van der Waals surface area (Å²) in [6.45, 7) is 0. The predicted octanol–water partition coefficient (Wildman–Crippen LogP) is 4.23. The van der Waals surface area contributed by atoms with Crippen LogP contribution >= 0.6 is 39.1 Å². The summed E-state index contributed by atoms with van der Waals surface area (Å²) in [6.07, 6.45) is 0. The maximum atomic E-state index is 5.87. The fraction of sp³-hybridized carbons (Fsp3) is 0. The van der Waals surface area contributed by atoms with Gasteiger partial charge >= 0.3 is 0 Å². The molecule has 0 unspecified atom stereocenters. The molecule has 0 bridgehead atoms. The van der Waals surface area contributed by atoms with Gasteiger partial charge in [0.1, 0.15) is 4.60 Å². The molecule has 0 aliphatic heterocycles. The third-order valence-corrected chi connectivity index (χ3v) is 3.30. The lowest BCUT2D eigenvalue weighted by molar-refractivity contribution is 1.50. The first-order valence-electron chi connectivity index (χ1n) is 3.64. The number of halogens is 2. The van der Waals surface area contributed by atoms with Crippen LogP contribution in [0.2, 0.25) is 5.02 Å². The molecule has 2 aromatic rings. The Morgan fingerprint density at radius 3 is 2.77 bits per heavy atom. The second-order valence-corrected chi connectivity index (χ2v) is 4.58. The van der Waals surface area contributed by atoms with Crippen LogP contribution in [0, 0.1) is 0 Å². The standard InChI is InChI=1S/C9H5BrClNS/c10-9-5-8(13-12-9)6-2-1-3-7(11)4-6/h1-5H. The van der Waals surface area contributed by atoms with Gasteiger partial charge in [-0.3, -0.25) is 0 Å². The summed E-state index contributed by atoms with van der Waals surface area (Å²) >= 11 is 10.6. The summed E-state index contributed by atoms with van der Waals surface area (Å²) in [6, 6.07) is 9.73. The third-order valence-electron chi connectivity index (χ3n) is 1.59. The first-order chi connectivity index (χ1) is 6.25. The van der Waals surface area contributed by atoms with Gasteiger partial charge in [-0.15, -0.1) is 0 Å². The molecule has 0 amide bonds. The van der Waals surface area contributed by atoms with Crippen LogP contribution in [0.15, 0.2) is 34.9 Å². The van der Waals surface area contributed by atoms with Crippen molar-refractivity contribution in [2.45, 2.75) is 0 Å². The van der Waals surface area contributed by atoms with Crippen molar-refractivity contribution < 1.29 is 0 Å². The maximum Gasteiger partial charge on any atom is 0.120 e. The van der Waals surface area contributed by atoms with E-state index in [2.05, 4.69) is 20.3 Å². The lowest BCUT2D eigenvalue weighted by Crippen LogP contribution is -1.70. The third kappa shape index (κ3) is 2.10. The van der Waals surface area contributed by atoms with Crippen molar-refractivity contribution in [1.82, 2.24) is 4.37 Å². The highest BCUT2D eigenvalue weighted by atomic mass is 79.9. The van der Waals surface area contributed by atoms with Crippen LogP contribution in [0.1, 0.15) is 0 Å². The molecule has 0 fully saturated rings.